The van der Waals surface area contributed by atoms with E-state index in [1.54, 1.807) is 37.3 Å². The summed E-state index contributed by atoms with van der Waals surface area (Å²) in [6.45, 7) is 11.1. The smallest absolute Gasteiger partial charge is 0.338 e. The molecule has 5 rings (SSSR count). The molecule has 0 fully saturated rings. The van der Waals surface area contributed by atoms with Gasteiger partial charge in [-0.05, 0) is 77.3 Å². The van der Waals surface area contributed by atoms with Crippen LogP contribution in [-0.2, 0) is 20.5 Å². The monoisotopic (exact) mass is 724 g/mol. The average Bonchev–Trinajstić information content (AvgIpc) is 3.57. The van der Waals surface area contributed by atoms with Gasteiger partial charge in [0.15, 0.2) is 0 Å². The summed E-state index contributed by atoms with van der Waals surface area (Å²) in [5.74, 6) is -0.639. The minimum atomic E-state index is -2.90. The predicted molar refractivity (Wildman–Crippen MR) is 206 cm³/mol. The first-order valence-electron chi connectivity index (χ1n) is 16.6. The average molecular weight is 726 g/mol. The maximum absolute atomic E-state index is 12.8. The molecule has 50 heavy (non-hydrogen) atoms. The van der Waals surface area contributed by atoms with Gasteiger partial charge in [0.2, 0.25) is 5.91 Å². The Morgan fingerprint density at radius 2 is 1.48 bits per heavy atom. The Morgan fingerprint density at radius 1 is 0.860 bits per heavy atom. The molecule has 1 aromatic heterocycles. The molecule has 0 aliphatic rings. The third kappa shape index (κ3) is 7.97. The number of halogens is 2. The number of nitrogens with zero attached hydrogens (tertiary/aromatic N) is 1. The summed E-state index contributed by atoms with van der Waals surface area (Å²) in [6.07, 6.45) is 4.62. The van der Waals surface area contributed by atoms with Crippen LogP contribution in [0.25, 0.3) is 11.8 Å². The summed E-state index contributed by atoms with van der Waals surface area (Å²) in [6, 6.07) is 35.4. The third-order valence-electron chi connectivity index (χ3n) is 8.67. The lowest BCUT2D eigenvalue weighted by molar-refractivity contribution is -0.116. The summed E-state index contributed by atoms with van der Waals surface area (Å²) in [4.78, 5) is 24.7. The molecule has 0 saturated heterocycles. The fraction of sp³-hybridized carbons (Fsp3) is 0.220. The SMILES string of the molecule is CCOC(=O)c1ccc(C=CC(=O)NCc2cccn2-c2ccc(Cl)c(C(C)O[Si](c3ccccc3)(c3ccccc3)C(C)(C)C)c2Cl)cc1. The standard InChI is InChI=1S/C41H42Cl2N2O4Si/c1-6-48-40(47)31-22-19-30(20-23-31)21-26-37(46)44-28-32-14-13-27-45(32)36-25-24-35(42)38(39(36)43)29(2)49-50(41(3,4)5,33-15-9-7-10-16-33)34-17-11-8-12-18-34/h7-27,29H,6,28H2,1-5H3,(H,44,46). The van der Waals surface area contributed by atoms with Crippen molar-refractivity contribution in [3.05, 3.63) is 154 Å². The van der Waals surface area contributed by atoms with Crippen molar-refractivity contribution in [1.29, 1.82) is 0 Å². The van der Waals surface area contributed by atoms with Gasteiger partial charge in [-0.3, -0.25) is 4.79 Å². The summed E-state index contributed by atoms with van der Waals surface area (Å²) < 4.78 is 14.4. The number of nitrogens with one attached hydrogen (secondary N) is 1. The van der Waals surface area contributed by atoms with E-state index in [9.17, 15) is 9.59 Å². The van der Waals surface area contributed by atoms with Crippen LogP contribution in [0, 0.1) is 0 Å². The number of benzene rings is 4. The van der Waals surface area contributed by atoms with Crippen LogP contribution in [0.15, 0.2) is 121 Å². The lowest BCUT2D eigenvalue weighted by Gasteiger charge is -2.45. The van der Waals surface area contributed by atoms with Gasteiger partial charge in [-0.15, -0.1) is 0 Å². The zero-order valence-electron chi connectivity index (χ0n) is 29.0. The Morgan fingerprint density at radius 3 is 2.06 bits per heavy atom. The number of amides is 1. The molecule has 258 valence electrons. The maximum Gasteiger partial charge on any atom is 0.338 e. The van der Waals surface area contributed by atoms with E-state index in [0.717, 1.165) is 16.9 Å². The molecule has 0 aliphatic heterocycles. The molecule has 1 heterocycles. The maximum atomic E-state index is 12.8. The van der Waals surface area contributed by atoms with Crippen LogP contribution >= 0.6 is 23.2 Å². The van der Waals surface area contributed by atoms with E-state index >= 15 is 0 Å². The van der Waals surface area contributed by atoms with Crippen molar-refractivity contribution in [2.45, 2.75) is 52.3 Å². The molecule has 6 nitrogen and oxygen atoms in total. The van der Waals surface area contributed by atoms with Crippen molar-refractivity contribution in [2.75, 3.05) is 6.61 Å². The van der Waals surface area contributed by atoms with Crippen molar-refractivity contribution >= 4 is 59.8 Å². The summed E-state index contributed by atoms with van der Waals surface area (Å²) in [7, 11) is -2.90. The number of ether oxygens (including phenoxy) is 1. The Labute approximate surface area is 305 Å². The third-order valence-corrected chi connectivity index (χ3v) is 14.5. The van der Waals surface area contributed by atoms with E-state index in [2.05, 4.69) is 74.6 Å². The van der Waals surface area contributed by atoms with E-state index in [1.807, 2.05) is 54.1 Å². The normalized spacial score (nSPS) is 12.5. The van der Waals surface area contributed by atoms with Crippen LogP contribution in [0.2, 0.25) is 15.1 Å². The van der Waals surface area contributed by atoms with Gasteiger partial charge in [0.25, 0.3) is 8.32 Å². The number of carbonyl (C=O) groups is 2. The van der Waals surface area contributed by atoms with Gasteiger partial charge in [0.05, 0.1) is 35.5 Å². The second-order valence-corrected chi connectivity index (χ2v) is 18.0. The molecule has 1 atom stereocenters. The van der Waals surface area contributed by atoms with E-state index in [1.165, 1.54) is 16.4 Å². The number of hydrogen-bond donors (Lipinski definition) is 1. The minimum absolute atomic E-state index is 0.229. The Hall–Kier alpha value is -4.40. The highest BCUT2D eigenvalue weighted by atomic mass is 35.5. The number of rotatable bonds is 12. The second kappa shape index (κ2) is 16.1. The lowest BCUT2D eigenvalue weighted by atomic mass is 10.1. The van der Waals surface area contributed by atoms with Gasteiger partial charge in [-0.25, -0.2) is 4.79 Å². The highest BCUT2D eigenvalue weighted by molar-refractivity contribution is 6.99. The van der Waals surface area contributed by atoms with Crippen LogP contribution in [0.1, 0.15) is 67.9 Å². The Balaban J connectivity index is 1.39. The first kappa shape index (κ1) is 36.9. The molecule has 0 saturated carbocycles. The van der Waals surface area contributed by atoms with Gasteiger partial charge in [-0.1, -0.05) is 117 Å². The fourth-order valence-corrected chi connectivity index (χ4v) is 11.7. The van der Waals surface area contributed by atoms with Crippen molar-refractivity contribution in [1.82, 2.24) is 9.88 Å². The van der Waals surface area contributed by atoms with Crippen LogP contribution in [0.3, 0.4) is 0 Å². The molecule has 1 unspecified atom stereocenters. The molecule has 4 aromatic carbocycles. The highest BCUT2D eigenvalue weighted by Gasteiger charge is 2.51. The number of carbonyl (C=O) groups excluding carboxylic acids is 2. The molecule has 0 radical (unpaired) electrons. The van der Waals surface area contributed by atoms with Gasteiger partial charge in [-0.2, -0.15) is 0 Å². The second-order valence-electron chi connectivity index (χ2n) is 13.0. The van der Waals surface area contributed by atoms with Crippen LogP contribution in [0.5, 0.6) is 0 Å². The quantitative estimate of drug-likeness (QED) is 0.0793. The minimum Gasteiger partial charge on any atom is -0.462 e. The largest absolute Gasteiger partial charge is 0.462 e. The van der Waals surface area contributed by atoms with Crippen molar-refractivity contribution in [3.8, 4) is 5.69 Å². The van der Waals surface area contributed by atoms with E-state index < -0.39 is 14.4 Å². The van der Waals surface area contributed by atoms with Crippen LogP contribution in [0.4, 0.5) is 0 Å². The van der Waals surface area contributed by atoms with E-state index in [-0.39, 0.29) is 23.5 Å². The molecular weight excluding hydrogens is 683 g/mol. The Bertz CT molecular complexity index is 1910. The molecule has 1 amide bonds. The number of aromatic nitrogens is 1. The van der Waals surface area contributed by atoms with Crippen LogP contribution in [-0.4, -0.2) is 31.4 Å². The van der Waals surface area contributed by atoms with Crippen molar-refractivity contribution in [3.63, 3.8) is 0 Å². The number of esters is 1. The Kier molecular flexibility index (Phi) is 11.9. The topological polar surface area (TPSA) is 69.6 Å². The van der Waals surface area contributed by atoms with E-state index in [4.69, 9.17) is 32.4 Å². The van der Waals surface area contributed by atoms with Crippen molar-refractivity contribution < 1.29 is 18.8 Å². The highest BCUT2D eigenvalue weighted by Crippen LogP contribution is 2.43. The van der Waals surface area contributed by atoms with Gasteiger partial charge in [0, 0.05) is 28.6 Å². The molecule has 9 heteroatoms. The number of hydrogen-bond acceptors (Lipinski definition) is 4. The van der Waals surface area contributed by atoms with Gasteiger partial charge < -0.3 is 19.0 Å². The predicted octanol–water partition coefficient (Wildman–Crippen LogP) is 8.93. The van der Waals surface area contributed by atoms with Crippen LogP contribution < -0.4 is 15.7 Å². The zero-order valence-corrected chi connectivity index (χ0v) is 31.5. The molecule has 1 N–H and O–H groups in total. The first-order valence-corrected chi connectivity index (χ1v) is 19.3. The molecule has 5 aromatic rings. The molecule has 0 spiro atoms. The first-order chi connectivity index (χ1) is 24.0. The lowest BCUT2D eigenvalue weighted by Crippen LogP contribution is -2.66. The van der Waals surface area contributed by atoms with Gasteiger partial charge in [0.1, 0.15) is 0 Å². The van der Waals surface area contributed by atoms with E-state index in [0.29, 0.717) is 27.8 Å². The summed E-state index contributed by atoms with van der Waals surface area (Å²) in [5.41, 5.74) is 3.52. The molecule has 0 aliphatic carbocycles. The zero-order chi connectivity index (χ0) is 35.9. The fourth-order valence-electron chi connectivity index (χ4n) is 6.28. The molecule has 0 bridgehead atoms. The van der Waals surface area contributed by atoms with Crippen molar-refractivity contribution in [2.24, 2.45) is 0 Å². The summed E-state index contributed by atoms with van der Waals surface area (Å²) >= 11 is 14.2. The summed E-state index contributed by atoms with van der Waals surface area (Å²) in [5, 5.41) is 6.06. The molecular formula is C41H42Cl2N2O4Si. The van der Waals surface area contributed by atoms with Gasteiger partial charge >= 0.3 is 5.97 Å².